The van der Waals surface area contributed by atoms with Gasteiger partial charge in [-0.1, -0.05) is 59.6 Å². The average molecular weight is 449 g/mol. The molecule has 0 aliphatic heterocycles. The van der Waals surface area contributed by atoms with Gasteiger partial charge < -0.3 is 15.2 Å². The number of rotatable bonds is 9. The lowest BCUT2D eigenvalue weighted by Gasteiger charge is -2.35. The van der Waals surface area contributed by atoms with Gasteiger partial charge >= 0.3 is 5.97 Å². The first-order valence-corrected chi connectivity index (χ1v) is 10.1. The smallest absolute Gasteiger partial charge is 0.320 e. The highest BCUT2D eigenvalue weighted by Crippen LogP contribution is 2.34. The van der Waals surface area contributed by atoms with Gasteiger partial charge in [-0.25, -0.2) is 9.67 Å². The summed E-state index contributed by atoms with van der Waals surface area (Å²) in [7, 11) is 0. The Hall–Kier alpha value is -2.45. The van der Waals surface area contributed by atoms with E-state index in [9.17, 15) is 9.90 Å². The SMILES string of the molecule is C[C@H](NCC(=O)OCc1ccccc1)[C@@](O)(Cn1cncn1)c1ccc(Cl)cc1Cl. The van der Waals surface area contributed by atoms with Gasteiger partial charge in [0.2, 0.25) is 0 Å². The Bertz CT molecular complexity index is 970. The van der Waals surface area contributed by atoms with Crippen molar-refractivity contribution in [2.45, 2.75) is 31.7 Å². The minimum Gasteiger partial charge on any atom is -0.460 e. The number of aromatic nitrogens is 3. The average Bonchev–Trinajstić information content (AvgIpc) is 3.23. The zero-order valence-corrected chi connectivity index (χ0v) is 17.8. The van der Waals surface area contributed by atoms with Gasteiger partial charge in [-0.05, 0) is 24.6 Å². The second kappa shape index (κ2) is 10.0. The zero-order chi connectivity index (χ0) is 21.6. The van der Waals surface area contributed by atoms with Crippen LogP contribution in [0.2, 0.25) is 10.0 Å². The number of hydrogen-bond acceptors (Lipinski definition) is 6. The number of carbonyl (C=O) groups excluding carboxylic acids is 1. The van der Waals surface area contributed by atoms with Crippen molar-refractivity contribution in [1.82, 2.24) is 20.1 Å². The lowest BCUT2D eigenvalue weighted by atomic mass is 9.86. The molecule has 2 atom stereocenters. The summed E-state index contributed by atoms with van der Waals surface area (Å²) in [4.78, 5) is 16.1. The molecule has 0 spiro atoms. The first kappa shape index (κ1) is 22.2. The summed E-state index contributed by atoms with van der Waals surface area (Å²) >= 11 is 12.4. The van der Waals surface area contributed by atoms with Crippen LogP contribution in [0.5, 0.6) is 0 Å². The molecule has 0 radical (unpaired) electrons. The third-order valence-corrected chi connectivity index (χ3v) is 5.33. The van der Waals surface area contributed by atoms with E-state index in [4.69, 9.17) is 27.9 Å². The van der Waals surface area contributed by atoms with E-state index in [2.05, 4.69) is 15.4 Å². The fraction of sp³-hybridized carbons (Fsp3) is 0.286. The molecule has 3 aromatic rings. The molecule has 0 aliphatic rings. The number of benzene rings is 2. The number of aliphatic hydroxyl groups is 1. The molecule has 0 amide bonds. The number of ether oxygens (including phenoxy) is 1. The molecule has 0 saturated carbocycles. The Morgan fingerprint density at radius 2 is 2.03 bits per heavy atom. The van der Waals surface area contributed by atoms with Gasteiger partial charge in [-0.15, -0.1) is 0 Å². The highest BCUT2D eigenvalue weighted by molar-refractivity contribution is 6.35. The molecule has 1 aromatic heterocycles. The van der Waals surface area contributed by atoms with Crippen LogP contribution in [0.3, 0.4) is 0 Å². The van der Waals surface area contributed by atoms with E-state index in [0.29, 0.717) is 15.6 Å². The molecule has 7 nitrogen and oxygen atoms in total. The van der Waals surface area contributed by atoms with Crippen molar-refractivity contribution in [3.05, 3.63) is 82.4 Å². The van der Waals surface area contributed by atoms with Crippen LogP contribution in [0, 0.1) is 0 Å². The van der Waals surface area contributed by atoms with E-state index >= 15 is 0 Å². The number of nitrogens with one attached hydrogen (secondary N) is 1. The summed E-state index contributed by atoms with van der Waals surface area (Å²) in [5.74, 6) is -0.434. The van der Waals surface area contributed by atoms with Gasteiger partial charge in [0.1, 0.15) is 24.9 Å². The molecule has 0 bridgehead atoms. The van der Waals surface area contributed by atoms with Crippen LogP contribution in [-0.2, 0) is 28.3 Å². The van der Waals surface area contributed by atoms with Gasteiger partial charge in [-0.3, -0.25) is 4.79 Å². The summed E-state index contributed by atoms with van der Waals surface area (Å²) in [6.45, 7) is 1.93. The van der Waals surface area contributed by atoms with Crippen LogP contribution in [0.1, 0.15) is 18.1 Å². The van der Waals surface area contributed by atoms with E-state index < -0.39 is 17.6 Å². The Balaban J connectivity index is 1.70. The monoisotopic (exact) mass is 448 g/mol. The third kappa shape index (κ3) is 5.58. The van der Waals surface area contributed by atoms with Crippen molar-refractivity contribution in [3.8, 4) is 0 Å². The summed E-state index contributed by atoms with van der Waals surface area (Å²) in [5, 5.41) is 19.5. The molecule has 0 aliphatic carbocycles. The summed E-state index contributed by atoms with van der Waals surface area (Å²) in [5.41, 5.74) is -0.133. The van der Waals surface area contributed by atoms with Crippen LogP contribution in [0.4, 0.5) is 0 Å². The molecule has 2 N–H and O–H groups in total. The predicted octanol–water partition coefficient (Wildman–Crippen LogP) is 3.19. The maximum Gasteiger partial charge on any atom is 0.320 e. The fourth-order valence-electron chi connectivity index (χ4n) is 3.05. The van der Waals surface area contributed by atoms with E-state index in [-0.39, 0.29) is 19.7 Å². The fourth-order valence-corrected chi connectivity index (χ4v) is 3.62. The largest absolute Gasteiger partial charge is 0.460 e. The number of carbonyl (C=O) groups is 1. The van der Waals surface area contributed by atoms with Crippen LogP contribution in [0.25, 0.3) is 0 Å². The van der Waals surface area contributed by atoms with Crippen LogP contribution < -0.4 is 5.32 Å². The number of halogens is 2. The van der Waals surface area contributed by atoms with Crippen molar-refractivity contribution >= 4 is 29.2 Å². The molecular formula is C21H22Cl2N4O3. The van der Waals surface area contributed by atoms with Crippen molar-refractivity contribution in [2.75, 3.05) is 6.54 Å². The van der Waals surface area contributed by atoms with Gasteiger partial charge in [0.15, 0.2) is 0 Å². The lowest BCUT2D eigenvalue weighted by molar-refractivity contribution is -0.144. The van der Waals surface area contributed by atoms with E-state index in [0.717, 1.165) is 5.56 Å². The van der Waals surface area contributed by atoms with E-state index in [1.807, 2.05) is 30.3 Å². The normalized spacial score (nSPS) is 14.1. The first-order valence-electron chi connectivity index (χ1n) is 9.32. The highest BCUT2D eigenvalue weighted by atomic mass is 35.5. The standard InChI is InChI=1S/C21H22Cl2N4O3/c1-15(25-10-20(28)30-11-16-5-3-2-4-6-16)21(29,12-27-14-24-13-26-27)18-8-7-17(22)9-19(18)23/h2-9,13-15,25,29H,10-12H2,1H3/t15-,21-/m0/s1. The quantitative estimate of drug-likeness (QED) is 0.488. The summed E-state index contributed by atoms with van der Waals surface area (Å²) < 4.78 is 6.78. The van der Waals surface area contributed by atoms with Crippen molar-refractivity contribution < 1.29 is 14.6 Å². The van der Waals surface area contributed by atoms with Gasteiger partial charge in [0.05, 0.1) is 13.1 Å². The molecule has 1 heterocycles. The molecule has 3 rings (SSSR count). The van der Waals surface area contributed by atoms with Gasteiger partial charge in [0, 0.05) is 21.7 Å². The second-order valence-electron chi connectivity index (χ2n) is 6.89. The molecule has 0 fully saturated rings. The molecular weight excluding hydrogens is 427 g/mol. The maximum absolute atomic E-state index is 12.2. The molecule has 30 heavy (non-hydrogen) atoms. The molecule has 0 unspecified atom stereocenters. The minimum atomic E-state index is -1.49. The zero-order valence-electron chi connectivity index (χ0n) is 16.3. The third-order valence-electron chi connectivity index (χ3n) is 4.78. The highest BCUT2D eigenvalue weighted by Gasteiger charge is 2.38. The Morgan fingerprint density at radius 3 is 2.70 bits per heavy atom. The van der Waals surface area contributed by atoms with Crippen LogP contribution in [0.15, 0.2) is 61.2 Å². The van der Waals surface area contributed by atoms with Crippen molar-refractivity contribution in [1.29, 1.82) is 0 Å². The minimum absolute atomic E-state index is 0.0710. The lowest BCUT2D eigenvalue weighted by Crippen LogP contribution is -2.51. The molecule has 2 aromatic carbocycles. The van der Waals surface area contributed by atoms with Crippen LogP contribution >= 0.6 is 23.2 Å². The van der Waals surface area contributed by atoms with Gasteiger partial charge in [-0.2, -0.15) is 5.10 Å². The van der Waals surface area contributed by atoms with Gasteiger partial charge in [0.25, 0.3) is 0 Å². The topological polar surface area (TPSA) is 89.3 Å². The summed E-state index contributed by atoms with van der Waals surface area (Å²) in [6, 6.07) is 13.7. The van der Waals surface area contributed by atoms with Crippen molar-refractivity contribution in [3.63, 3.8) is 0 Å². The Kier molecular flexibility index (Phi) is 7.44. The Morgan fingerprint density at radius 1 is 1.27 bits per heavy atom. The number of hydrogen-bond donors (Lipinski definition) is 2. The van der Waals surface area contributed by atoms with Crippen molar-refractivity contribution in [2.24, 2.45) is 0 Å². The second-order valence-corrected chi connectivity index (χ2v) is 7.73. The Labute approximate surface area is 184 Å². The van der Waals surface area contributed by atoms with Crippen LogP contribution in [-0.4, -0.2) is 38.4 Å². The molecule has 0 saturated heterocycles. The van der Waals surface area contributed by atoms with E-state index in [1.165, 1.54) is 17.3 Å². The molecule has 158 valence electrons. The number of nitrogens with zero attached hydrogens (tertiary/aromatic N) is 3. The maximum atomic E-state index is 12.2. The predicted molar refractivity (Wildman–Crippen MR) is 114 cm³/mol. The summed E-state index contributed by atoms with van der Waals surface area (Å²) in [6.07, 6.45) is 2.87. The number of esters is 1. The first-order chi connectivity index (χ1) is 14.4. The molecule has 9 heteroatoms. The van der Waals surface area contributed by atoms with E-state index in [1.54, 1.807) is 25.1 Å².